The Labute approximate surface area is 253 Å². The molecule has 6 rings (SSSR count). The van der Waals surface area contributed by atoms with Gasteiger partial charge in [-0.2, -0.15) is 0 Å². The van der Waals surface area contributed by atoms with Crippen LogP contribution in [0.25, 0.3) is 0 Å². The summed E-state index contributed by atoms with van der Waals surface area (Å²) < 4.78 is 10.3. The van der Waals surface area contributed by atoms with E-state index in [4.69, 9.17) is 9.47 Å². The molecule has 0 radical (unpaired) electrons. The van der Waals surface area contributed by atoms with Gasteiger partial charge in [0.1, 0.15) is 0 Å². The van der Waals surface area contributed by atoms with Crippen molar-refractivity contribution >= 4 is 35.6 Å². The maximum Gasteiger partial charge on any atom is 0.342 e. The molecule has 4 amide bonds. The lowest BCUT2D eigenvalue weighted by molar-refractivity contribution is -0.190. The lowest BCUT2D eigenvalue weighted by Gasteiger charge is -2.60. The molecule has 4 N–H and O–H groups in total. The summed E-state index contributed by atoms with van der Waals surface area (Å²) in [7, 11) is 0. The number of rotatable bonds is 10. The molecule has 4 fully saturated rings. The van der Waals surface area contributed by atoms with Crippen molar-refractivity contribution in [3.05, 3.63) is 12.2 Å². The van der Waals surface area contributed by atoms with Crippen molar-refractivity contribution in [2.24, 2.45) is 59.2 Å². The zero-order chi connectivity index (χ0) is 32.8. The lowest BCUT2D eigenvalue weighted by Crippen LogP contribution is -2.63. The van der Waals surface area contributed by atoms with Crippen molar-refractivity contribution in [2.45, 2.75) is 65.0 Å². The van der Waals surface area contributed by atoms with Gasteiger partial charge >= 0.3 is 11.9 Å². The van der Waals surface area contributed by atoms with E-state index in [-0.39, 0.29) is 0 Å². The number of aliphatic hydroxyl groups excluding tert-OH is 2. The minimum Gasteiger partial charge on any atom is -0.441 e. The first-order chi connectivity index (χ1) is 20.4. The van der Waals surface area contributed by atoms with E-state index < -0.39 is 132 Å². The van der Waals surface area contributed by atoms with Gasteiger partial charge in [-0.3, -0.25) is 19.2 Å². The van der Waals surface area contributed by atoms with E-state index in [9.17, 15) is 49.2 Å². The van der Waals surface area contributed by atoms with E-state index in [1.807, 2.05) is 0 Å². The highest BCUT2D eigenvalue weighted by Gasteiger charge is 2.75. The van der Waals surface area contributed by atoms with Crippen LogP contribution in [0.3, 0.4) is 0 Å². The fourth-order valence-electron chi connectivity index (χ4n) is 8.23. The fourth-order valence-corrected chi connectivity index (χ4v) is 8.23. The van der Waals surface area contributed by atoms with Gasteiger partial charge in [0, 0.05) is 0 Å². The lowest BCUT2D eigenvalue weighted by atomic mass is 9.40. The van der Waals surface area contributed by atoms with Gasteiger partial charge in [-0.25, -0.2) is 19.4 Å². The minimum atomic E-state index is -2.25. The molecule has 2 saturated carbocycles. The summed E-state index contributed by atoms with van der Waals surface area (Å²) in [6, 6.07) is 0. The number of allylic oxidation sites excluding steroid dienone is 2. The standard InChI is InChI=1S/C30H40N2O12/c1-11(2)29(41,13(5)33)27(39)43-9-31-23(35)19-15-7-8-16(20(19)24(31)36)18-17(15)21-22(18)26(38)32(25(21)37)10-44-28(40)30(42,12(3)4)14(6)34/h7-8,11-22,33-34,41-42H,9-10H2,1-6H3/t13-,14-,15-,16-,17-,18-,19-,20+,21-,22-,29+,30-/m1/s1. The maximum atomic E-state index is 13.5. The van der Waals surface area contributed by atoms with Crippen molar-refractivity contribution in [1.82, 2.24) is 9.80 Å². The third-order valence-electron chi connectivity index (χ3n) is 10.9. The number of hydrogen-bond acceptors (Lipinski definition) is 12. The first-order valence-electron chi connectivity index (χ1n) is 15.0. The summed E-state index contributed by atoms with van der Waals surface area (Å²) in [5.74, 6) is -11.3. The molecule has 0 unspecified atom stereocenters. The number of esters is 2. The number of fused-ring (bicyclic) bond motifs is 1. The van der Waals surface area contributed by atoms with Gasteiger partial charge in [0.2, 0.25) is 23.6 Å². The van der Waals surface area contributed by atoms with Gasteiger partial charge in [-0.15, -0.1) is 0 Å². The number of imide groups is 2. The van der Waals surface area contributed by atoms with Crippen molar-refractivity contribution < 1.29 is 58.7 Å². The third-order valence-corrected chi connectivity index (χ3v) is 10.9. The molecule has 0 spiro atoms. The van der Waals surface area contributed by atoms with Crippen LogP contribution in [-0.2, 0) is 38.2 Å². The van der Waals surface area contributed by atoms with Crippen molar-refractivity contribution in [2.75, 3.05) is 13.5 Å². The SMILES string of the molecule is CC(C)[C@](O)(C(=O)OCN1C(=O)[C@H]2[C@H](C1=O)[C@@H]1[C@H]3C=C[C@@H]([C@H]4C(=O)N(COC(=O)[C@](O)(C(C)C)[C@@H](C)O)C(=O)[C@@H]34)[C@@H]21)[C@@H](C)O. The van der Waals surface area contributed by atoms with Crippen molar-refractivity contribution in [3.8, 4) is 0 Å². The van der Waals surface area contributed by atoms with Crippen LogP contribution in [0.1, 0.15) is 41.5 Å². The van der Waals surface area contributed by atoms with Crippen LogP contribution in [0.4, 0.5) is 0 Å². The summed E-state index contributed by atoms with van der Waals surface area (Å²) in [6.07, 6.45) is 0.634. The largest absolute Gasteiger partial charge is 0.441 e. The van der Waals surface area contributed by atoms with Gasteiger partial charge in [0.15, 0.2) is 24.7 Å². The Hall–Kier alpha value is -3.20. The monoisotopic (exact) mass is 620 g/mol. The molecular weight excluding hydrogens is 580 g/mol. The second-order valence-electron chi connectivity index (χ2n) is 13.4. The summed E-state index contributed by atoms with van der Waals surface area (Å²) >= 11 is 0. The Morgan fingerprint density at radius 2 is 0.955 bits per heavy atom. The number of likely N-dealkylation sites (tertiary alicyclic amines) is 2. The zero-order valence-electron chi connectivity index (χ0n) is 25.4. The summed E-state index contributed by atoms with van der Waals surface area (Å²) in [4.78, 5) is 81.0. The van der Waals surface area contributed by atoms with Gasteiger partial charge in [-0.05, 0) is 49.4 Å². The van der Waals surface area contributed by atoms with Gasteiger partial charge in [0.05, 0.1) is 35.9 Å². The predicted octanol–water partition coefficient (Wildman–Crippen LogP) is -1.21. The van der Waals surface area contributed by atoms with Crippen LogP contribution in [0.15, 0.2) is 12.2 Å². The smallest absolute Gasteiger partial charge is 0.342 e. The van der Waals surface area contributed by atoms with E-state index in [1.54, 1.807) is 12.2 Å². The normalized spacial score (nSPS) is 36.0. The predicted molar refractivity (Wildman–Crippen MR) is 146 cm³/mol. The molecule has 2 bridgehead atoms. The van der Waals surface area contributed by atoms with E-state index in [1.165, 1.54) is 41.5 Å². The van der Waals surface area contributed by atoms with Crippen LogP contribution in [0.5, 0.6) is 0 Å². The highest BCUT2D eigenvalue weighted by atomic mass is 16.6. The second kappa shape index (κ2) is 10.7. The average molecular weight is 621 g/mol. The number of nitrogens with zero attached hydrogens (tertiary/aromatic N) is 2. The molecule has 0 aromatic rings. The maximum absolute atomic E-state index is 13.5. The Morgan fingerprint density at radius 3 is 1.23 bits per heavy atom. The minimum absolute atomic E-state index is 0.418. The molecule has 0 aromatic carbocycles. The number of ether oxygens (including phenoxy) is 2. The van der Waals surface area contributed by atoms with E-state index in [0.29, 0.717) is 0 Å². The molecule has 0 aromatic heterocycles. The van der Waals surface area contributed by atoms with Crippen LogP contribution >= 0.6 is 0 Å². The molecule has 4 aliphatic carbocycles. The van der Waals surface area contributed by atoms with Crippen LogP contribution in [0, 0.1) is 59.2 Å². The van der Waals surface area contributed by atoms with Gasteiger partial charge in [0.25, 0.3) is 0 Å². The molecule has 2 heterocycles. The fraction of sp³-hybridized carbons (Fsp3) is 0.733. The Kier molecular flexibility index (Phi) is 7.84. The van der Waals surface area contributed by atoms with E-state index in [2.05, 4.69) is 0 Å². The summed E-state index contributed by atoms with van der Waals surface area (Å²) in [6.45, 7) is 7.02. The third kappa shape index (κ3) is 4.13. The summed E-state index contributed by atoms with van der Waals surface area (Å²) in [5, 5.41) is 41.3. The van der Waals surface area contributed by atoms with E-state index >= 15 is 0 Å². The molecule has 6 aliphatic rings. The van der Waals surface area contributed by atoms with Crippen LogP contribution < -0.4 is 0 Å². The molecule has 44 heavy (non-hydrogen) atoms. The van der Waals surface area contributed by atoms with Crippen molar-refractivity contribution in [3.63, 3.8) is 0 Å². The Morgan fingerprint density at radius 1 is 0.659 bits per heavy atom. The van der Waals surface area contributed by atoms with Gasteiger partial charge < -0.3 is 29.9 Å². The molecule has 242 valence electrons. The molecule has 12 atom stereocenters. The Bertz CT molecular complexity index is 1250. The number of amides is 4. The van der Waals surface area contributed by atoms with Crippen LogP contribution in [-0.4, -0.2) is 103 Å². The number of carbonyl (C=O) groups is 6. The molecule has 2 aliphatic heterocycles. The van der Waals surface area contributed by atoms with Crippen LogP contribution in [0.2, 0.25) is 0 Å². The second-order valence-corrected chi connectivity index (χ2v) is 13.4. The first-order valence-corrected chi connectivity index (χ1v) is 15.0. The molecule has 14 nitrogen and oxygen atoms in total. The van der Waals surface area contributed by atoms with E-state index in [0.717, 1.165) is 9.80 Å². The molecule has 2 saturated heterocycles. The quantitative estimate of drug-likeness (QED) is 0.129. The first kappa shape index (κ1) is 32.2. The van der Waals surface area contributed by atoms with Gasteiger partial charge in [-0.1, -0.05) is 39.8 Å². The Balaban J connectivity index is 1.30. The number of carbonyl (C=O) groups excluding carboxylic acids is 6. The average Bonchev–Trinajstić information content (AvgIpc) is 3.31. The highest BCUT2D eigenvalue weighted by Crippen LogP contribution is 2.68. The zero-order valence-corrected chi connectivity index (χ0v) is 25.4. The summed E-state index contributed by atoms with van der Waals surface area (Å²) in [5.41, 5.74) is -4.50. The molecule has 14 heteroatoms. The topological polar surface area (TPSA) is 208 Å². The highest BCUT2D eigenvalue weighted by molar-refractivity contribution is 6.09. The van der Waals surface area contributed by atoms with Crippen molar-refractivity contribution in [1.29, 1.82) is 0 Å². The molecular formula is C30H40N2O12. The number of hydrogen-bond donors (Lipinski definition) is 4. The number of aliphatic hydroxyl groups is 4.